The average Bonchev–Trinajstić information content (AvgIpc) is 2.93. The third-order valence-corrected chi connectivity index (χ3v) is 2.66. The van der Waals surface area contributed by atoms with Crippen LogP contribution in [0.2, 0.25) is 0 Å². The van der Waals surface area contributed by atoms with Gasteiger partial charge in [0.15, 0.2) is 6.29 Å². The summed E-state index contributed by atoms with van der Waals surface area (Å²) < 4.78 is 10.7. The fraction of sp³-hybridized carbons (Fsp3) is 1.00. The van der Waals surface area contributed by atoms with E-state index in [0.717, 1.165) is 25.7 Å². The van der Waals surface area contributed by atoms with E-state index in [2.05, 4.69) is 6.92 Å². The Balaban J connectivity index is 2.15. The van der Waals surface area contributed by atoms with Crippen molar-refractivity contribution in [2.75, 3.05) is 20.3 Å². The maximum absolute atomic E-state index is 9.05. The highest BCUT2D eigenvalue weighted by atomic mass is 16.7. The lowest BCUT2D eigenvalue weighted by atomic mass is 10.1. The summed E-state index contributed by atoms with van der Waals surface area (Å²) in [7, 11) is 1.67. The second-order valence-corrected chi connectivity index (χ2v) is 3.92. The lowest BCUT2D eigenvalue weighted by molar-refractivity contribution is -0.141. The summed E-state index contributed by atoms with van der Waals surface area (Å²) in [6.45, 7) is 2.99. The van der Waals surface area contributed by atoms with Crippen LogP contribution in [0.3, 0.4) is 0 Å². The number of aliphatic hydroxyl groups is 1. The van der Waals surface area contributed by atoms with Gasteiger partial charge in [0.25, 0.3) is 0 Å². The smallest absolute Gasteiger partial charge is 0.157 e. The van der Waals surface area contributed by atoms with Crippen LogP contribution in [0.1, 0.15) is 32.6 Å². The van der Waals surface area contributed by atoms with Crippen LogP contribution in [-0.2, 0) is 9.47 Å². The molecular weight excluding hydrogens is 168 g/mol. The molecule has 3 nitrogen and oxygen atoms in total. The molecule has 0 radical (unpaired) electrons. The van der Waals surface area contributed by atoms with Gasteiger partial charge in [0.1, 0.15) is 0 Å². The van der Waals surface area contributed by atoms with Gasteiger partial charge in [-0.25, -0.2) is 0 Å². The van der Waals surface area contributed by atoms with Crippen LogP contribution >= 0.6 is 0 Å². The largest absolute Gasteiger partial charge is 0.396 e. The van der Waals surface area contributed by atoms with Gasteiger partial charge in [-0.2, -0.15) is 0 Å². The zero-order chi connectivity index (χ0) is 9.73. The molecule has 1 unspecified atom stereocenters. The average molecular weight is 188 g/mol. The number of rotatable bonds is 7. The number of hydrogen-bond donors (Lipinski definition) is 1. The van der Waals surface area contributed by atoms with Crippen LogP contribution in [0, 0.1) is 5.41 Å². The minimum Gasteiger partial charge on any atom is -0.396 e. The highest BCUT2D eigenvalue weighted by Gasteiger charge is 2.42. The Labute approximate surface area is 80.0 Å². The van der Waals surface area contributed by atoms with Gasteiger partial charge in [-0.15, -0.1) is 0 Å². The van der Waals surface area contributed by atoms with Crippen LogP contribution in [0.15, 0.2) is 0 Å². The Morgan fingerprint density at radius 2 is 2.15 bits per heavy atom. The Hall–Kier alpha value is -0.120. The Morgan fingerprint density at radius 3 is 2.54 bits per heavy atom. The summed E-state index contributed by atoms with van der Waals surface area (Å²) in [5, 5.41) is 9.05. The third-order valence-electron chi connectivity index (χ3n) is 2.66. The molecule has 0 spiro atoms. The first kappa shape index (κ1) is 11.0. The van der Waals surface area contributed by atoms with E-state index in [0.29, 0.717) is 6.61 Å². The third kappa shape index (κ3) is 3.25. The van der Waals surface area contributed by atoms with E-state index in [9.17, 15) is 0 Å². The lowest BCUT2D eigenvalue weighted by Gasteiger charge is -2.19. The first-order valence-corrected chi connectivity index (χ1v) is 5.01. The summed E-state index contributed by atoms with van der Waals surface area (Å²) in [6.07, 6.45) is 4.08. The Kier molecular flexibility index (Phi) is 4.16. The van der Waals surface area contributed by atoms with Gasteiger partial charge in [0.2, 0.25) is 0 Å². The van der Waals surface area contributed by atoms with E-state index >= 15 is 0 Å². The first-order chi connectivity index (χ1) is 6.26. The SMILES string of the molecule is CCCC(OC)OCC1(CO)CC1. The summed E-state index contributed by atoms with van der Waals surface area (Å²) in [4.78, 5) is 0. The van der Waals surface area contributed by atoms with Gasteiger partial charge >= 0.3 is 0 Å². The predicted molar refractivity (Wildman–Crippen MR) is 50.4 cm³/mol. The van der Waals surface area contributed by atoms with Gasteiger partial charge in [0, 0.05) is 12.5 Å². The molecule has 1 fully saturated rings. The lowest BCUT2D eigenvalue weighted by Crippen LogP contribution is -2.22. The molecule has 1 N–H and O–H groups in total. The molecule has 13 heavy (non-hydrogen) atoms. The van der Waals surface area contributed by atoms with Crippen LogP contribution in [-0.4, -0.2) is 31.7 Å². The maximum atomic E-state index is 9.05. The molecule has 78 valence electrons. The molecule has 0 aromatic carbocycles. The highest BCUT2D eigenvalue weighted by molar-refractivity contribution is 4.92. The number of hydrogen-bond acceptors (Lipinski definition) is 3. The van der Waals surface area contributed by atoms with Crippen molar-refractivity contribution in [3.8, 4) is 0 Å². The van der Waals surface area contributed by atoms with Gasteiger partial charge in [0.05, 0.1) is 13.2 Å². The number of ether oxygens (including phenoxy) is 2. The minimum absolute atomic E-state index is 0.0739. The van der Waals surface area contributed by atoms with E-state index < -0.39 is 0 Å². The van der Waals surface area contributed by atoms with Crippen molar-refractivity contribution in [1.29, 1.82) is 0 Å². The normalized spacial score (nSPS) is 21.5. The van der Waals surface area contributed by atoms with Gasteiger partial charge < -0.3 is 14.6 Å². The zero-order valence-corrected chi connectivity index (χ0v) is 8.58. The monoisotopic (exact) mass is 188 g/mol. The van der Waals surface area contributed by atoms with E-state index in [-0.39, 0.29) is 18.3 Å². The number of aliphatic hydroxyl groups excluding tert-OH is 1. The van der Waals surface area contributed by atoms with E-state index in [1.54, 1.807) is 7.11 Å². The Morgan fingerprint density at radius 1 is 1.46 bits per heavy atom. The molecule has 1 atom stereocenters. The van der Waals surface area contributed by atoms with Crippen LogP contribution in [0.25, 0.3) is 0 Å². The molecule has 1 rings (SSSR count). The molecule has 0 amide bonds. The van der Waals surface area contributed by atoms with Crippen molar-refractivity contribution < 1.29 is 14.6 Å². The van der Waals surface area contributed by atoms with Crippen molar-refractivity contribution in [2.24, 2.45) is 5.41 Å². The molecular formula is C10H20O3. The van der Waals surface area contributed by atoms with Crippen molar-refractivity contribution in [2.45, 2.75) is 38.9 Å². The quantitative estimate of drug-likeness (QED) is 0.616. The van der Waals surface area contributed by atoms with Crippen molar-refractivity contribution in [3.05, 3.63) is 0 Å². The van der Waals surface area contributed by atoms with Gasteiger partial charge in [-0.05, 0) is 19.3 Å². The number of methoxy groups -OCH3 is 1. The van der Waals surface area contributed by atoms with Gasteiger partial charge in [-0.1, -0.05) is 13.3 Å². The Bertz CT molecular complexity index is 143. The van der Waals surface area contributed by atoms with E-state index in [4.69, 9.17) is 14.6 Å². The predicted octanol–water partition coefficient (Wildman–Crippen LogP) is 1.55. The fourth-order valence-electron chi connectivity index (χ4n) is 1.30. The summed E-state index contributed by atoms with van der Waals surface area (Å²) >= 11 is 0. The van der Waals surface area contributed by atoms with Crippen LogP contribution in [0.5, 0.6) is 0 Å². The molecule has 0 aliphatic heterocycles. The molecule has 0 saturated heterocycles. The molecule has 3 heteroatoms. The van der Waals surface area contributed by atoms with E-state index in [1.165, 1.54) is 0 Å². The fourth-order valence-corrected chi connectivity index (χ4v) is 1.30. The van der Waals surface area contributed by atoms with Crippen LogP contribution in [0.4, 0.5) is 0 Å². The van der Waals surface area contributed by atoms with Gasteiger partial charge in [-0.3, -0.25) is 0 Å². The highest BCUT2D eigenvalue weighted by Crippen LogP contribution is 2.45. The summed E-state index contributed by atoms with van der Waals surface area (Å²) in [5.74, 6) is 0. The minimum atomic E-state index is -0.0889. The molecule has 1 aliphatic rings. The molecule has 0 aromatic rings. The van der Waals surface area contributed by atoms with E-state index in [1.807, 2.05) is 0 Å². The molecule has 0 bridgehead atoms. The standard InChI is InChI=1S/C10H20O3/c1-3-4-9(12-2)13-8-10(7-11)5-6-10/h9,11H,3-8H2,1-2H3. The second kappa shape index (κ2) is 4.94. The van der Waals surface area contributed by atoms with Crippen molar-refractivity contribution in [3.63, 3.8) is 0 Å². The molecule has 0 aromatic heterocycles. The topological polar surface area (TPSA) is 38.7 Å². The summed E-state index contributed by atoms with van der Waals surface area (Å²) in [5.41, 5.74) is 0.0739. The van der Waals surface area contributed by atoms with Crippen molar-refractivity contribution in [1.82, 2.24) is 0 Å². The molecule has 1 aliphatic carbocycles. The molecule has 1 saturated carbocycles. The van der Waals surface area contributed by atoms with Crippen molar-refractivity contribution >= 4 is 0 Å². The summed E-state index contributed by atoms with van der Waals surface area (Å²) in [6, 6.07) is 0. The maximum Gasteiger partial charge on any atom is 0.157 e. The molecule has 0 heterocycles. The van der Waals surface area contributed by atoms with Crippen LogP contribution < -0.4 is 0 Å². The first-order valence-electron chi connectivity index (χ1n) is 5.01. The zero-order valence-electron chi connectivity index (χ0n) is 8.58. The second-order valence-electron chi connectivity index (χ2n) is 3.92.